The molecule has 8 heteroatoms. The molecule has 94 valence electrons. The van der Waals surface area contributed by atoms with Crippen LogP contribution in [0, 0.1) is 5.92 Å². The van der Waals surface area contributed by atoms with Crippen LogP contribution in [0.15, 0.2) is 23.4 Å². The van der Waals surface area contributed by atoms with E-state index in [4.69, 9.17) is 16.7 Å². The SMILES string of the molecule is O=C(O)C(CSc1ncccc1Cl)C(F)(F)F. The van der Waals surface area contributed by atoms with Gasteiger partial charge in [-0.05, 0) is 12.1 Å². The number of halogens is 4. The second-order valence-electron chi connectivity index (χ2n) is 3.03. The fourth-order valence-electron chi connectivity index (χ4n) is 0.945. The largest absolute Gasteiger partial charge is 0.481 e. The number of carbonyl (C=O) groups is 1. The van der Waals surface area contributed by atoms with E-state index in [1.165, 1.54) is 18.3 Å². The summed E-state index contributed by atoms with van der Waals surface area (Å²) in [4.78, 5) is 14.2. The van der Waals surface area contributed by atoms with Gasteiger partial charge in [0, 0.05) is 11.9 Å². The van der Waals surface area contributed by atoms with E-state index < -0.39 is 23.8 Å². The number of aromatic nitrogens is 1. The van der Waals surface area contributed by atoms with Crippen LogP contribution < -0.4 is 0 Å². The first-order chi connectivity index (χ1) is 7.82. The van der Waals surface area contributed by atoms with Crippen molar-refractivity contribution in [1.82, 2.24) is 4.98 Å². The zero-order valence-electron chi connectivity index (χ0n) is 8.24. The van der Waals surface area contributed by atoms with Gasteiger partial charge in [-0.1, -0.05) is 11.6 Å². The van der Waals surface area contributed by atoms with Crippen LogP contribution in [0.1, 0.15) is 0 Å². The number of nitrogens with zero attached hydrogens (tertiary/aromatic N) is 1. The van der Waals surface area contributed by atoms with Gasteiger partial charge in [0.05, 0.1) is 5.02 Å². The normalized spacial score (nSPS) is 13.4. The smallest absolute Gasteiger partial charge is 0.403 e. The molecule has 0 saturated heterocycles. The Morgan fingerprint density at radius 2 is 2.24 bits per heavy atom. The maximum Gasteiger partial charge on any atom is 0.403 e. The highest BCUT2D eigenvalue weighted by Crippen LogP contribution is 2.33. The van der Waals surface area contributed by atoms with Crippen molar-refractivity contribution in [3.05, 3.63) is 23.4 Å². The van der Waals surface area contributed by atoms with E-state index >= 15 is 0 Å². The molecule has 1 rings (SSSR count). The summed E-state index contributed by atoms with van der Waals surface area (Å²) in [5.41, 5.74) is 0. The number of carboxylic acid groups (broad SMARTS) is 1. The minimum absolute atomic E-state index is 0.185. The van der Waals surface area contributed by atoms with Crippen molar-refractivity contribution in [2.45, 2.75) is 11.2 Å². The van der Waals surface area contributed by atoms with Crippen molar-refractivity contribution < 1.29 is 23.1 Å². The van der Waals surface area contributed by atoms with Gasteiger partial charge in [-0.2, -0.15) is 13.2 Å². The Morgan fingerprint density at radius 1 is 1.59 bits per heavy atom. The van der Waals surface area contributed by atoms with E-state index in [0.29, 0.717) is 11.8 Å². The molecule has 0 fully saturated rings. The summed E-state index contributed by atoms with van der Waals surface area (Å²) >= 11 is 6.36. The van der Waals surface area contributed by atoms with E-state index in [2.05, 4.69) is 4.98 Å². The number of rotatable bonds is 4. The summed E-state index contributed by atoms with van der Waals surface area (Å²) in [5.74, 6) is -4.99. The lowest BCUT2D eigenvalue weighted by Crippen LogP contribution is -2.32. The zero-order valence-corrected chi connectivity index (χ0v) is 9.81. The molecule has 1 heterocycles. The van der Waals surface area contributed by atoms with Crippen LogP contribution in [0.2, 0.25) is 5.02 Å². The summed E-state index contributed by atoms with van der Waals surface area (Å²) in [6.07, 6.45) is -3.41. The minimum Gasteiger partial charge on any atom is -0.481 e. The lowest BCUT2D eigenvalue weighted by molar-refractivity contribution is -0.188. The van der Waals surface area contributed by atoms with Crippen molar-refractivity contribution in [1.29, 1.82) is 0 Å². The Balaban J connectivity index is 2.72. The molecular formula is C9H7ClF3NO2S. The summed E-state index contributed by atoms with van der Waals surface area (Å²) in [6.45, 7) is 0. The van der Waals surface area contributed by atoms with Crippen LogP contribution in [0.3, 0.4) is 0 Å². The first-order valence-electron chi connectivity index (χ1n) is 4.35. The van der Waals surface area contributed by atoms with Gasteiger partial charge in [-0.25, -0.2) is 4.98 Å². The van der Waals surface area contributed by atoms with Crippen molar-refractivity contribution >= 4 is 29.3 Å². The number of hydrogen-bond acceptors (Lipinski definition) is 3. The molecule has 0 amide bonds. The molecule has 0 saturated carbocycles. The molecule has 1 aromatic rings. The topological polar surface area (TPSA) is 50.2 Å². The molecule has 0 aliphatic heterocycles. The molecule has 0 radical (unpaired) electrons. The minimum atomic E-state index is -4.78. The Bertz CT molecular complexity index is 413. The third kappa shape index (κ3) is 4.08. The molecule has 0 spiro atoms. The maximum atomic E-state index is 12.3. The van der Waals surface area contributed by atoms with Crippen LogP contribution in [0.4, 0.5) is 13.2 Å². The molecule has 1 atom stereocenters. The third-order valence-corrected chi connectivity index (χ3v) is 3.32. The summed E-state index contributed by atoms with van der Waals surface area (Å²) < 4.78 is 37.0. The molecule has 1 aromatic heterocycles. The lowest BCUT2D eigenvalue weighted by Gasteiger charge is -2.15. The van der Waals surface area contributed by atoms with Crippen LogP contribution in [0.25, 0.3) is 0 Å². The second-order valence-corrected chi connectivity index (χ2v) is 4.45. The van der Waals surface area contributed by atoms with E-state index in [1.54, 1.807) is 0 Å². The number of alkyl halides is 3. The fourth-order valence-corrected chi connectivity index (χ4v) is 2.23. The standard InChI is InChI=1S/C9H7ClF3NO2S/c10-6-2-1-3-14-7(6)17-4-5(8(15)16)9(11,12)13/h1-3,5H,4H2,(H,15,16). The molecule has 1 N–H and O–H groups in total. The van der Waals surface area contributed by atoms with E-state index in [1.807, 2.05) is 0 Å². The van der Waals surface area contributed by atoms with Crippen LogP contribution >= 0.6 is 23.4 Å². The van der Waals surface area contributed by atoms with E-state index in [9.17, 15) is 18.0 Å². The highest BCUT2D eigenvalue weighted by Gasteiger charge is 2.45. The maximum absolute atomic E-state index is 12.3. The number of hydrogen-bond donors (Lipinski definition) is 1. The predicted octanol–water partition coefficient (Wildman–Crippen LogP) is 3.09. The molecule has 0 bridgehead atoms. The number of aliphatic carboxylic acids is 1. The molecule has 0 aromatic carbocycles. The van der Waals surface area contributed by atoms with Gasteiger partial charge < -0.3 is 5.11 Å². The van der Waals surface area contributed by atoms with Crippen molar-refractivity contribution in [3.63, 3.8) is 0 Å². The summed E-state index contributed by atoms with van der Waals surface area (Å²) in [5, 5.41) is 8.85. The third-order valence-electron chi connectivity index (χ3n) is 1.80. The summed E-state index contributed by atoms with van der Waals surface area (Å²) in [7, 11) is 0. The van der Waals surface area contributed by atoms with Crippen LogP contribution in [-0.4, -0.2) is 28.0 Å². The monoisotopic (exact) mass is 285 g/mol. The average Bonchev–Trinajstić information content (AvgIpc) is 2.18. The number of pyridine rings is 1. The second kappa shape index (κ2) is 5.59. The first-order valence-corrected chi connectivity index (χ1v) is 5.71. The molecular weight excluding hydrogens is 279 g/mol. The van der Waals surface area contributed by atoms with Crippen molar-refractivity contribution in [2.24, 2.45) is 5.92 Å². The molecule has 0 aliphatic carbocycles. The molecule has 17 heavy (non-hydrogen) atoms. The zero-order chi connectivity index (χ0) is 13.1. The lowest BCUT2D eigenvalue weighted by atomic mass is 10.2. The van der Waals surface area contributed by atoms with Gasteiger partial charge in [-0.15, -0.1) is 11.8 Å². The molecule has 1 unspecified atom stereocenters. The van der Waals surface area contributed by atoms with Gasteiger partial charge in [0.2, 0.25) is 0 Å². The Labute approximate surface area is 104 Å². The Morgan fingerprint density at radius 3 is 2.71 bits per heavy atom. The van der Waals surface area contributed by atoms with Gasteiger partial charge >= 0.3 is 12.1 Å². The summed E-state index contributed by atoms with van der Waals surface area (Å²) in [6, 6.07) is 3.01. The van der Waals surface area contributed by atoms with Crippen LogP contribution in [-0.2, 0) is 4.79 Å². The average molecular weight is 286 g/mol. The van der Waals surface area contributed by atoms with Crippen molar-refractivity contribution in [3.8, 4) is 0 Å². The van der Waals surface area contributed by atoms with Crippen molar-refractivity contribution in [2.75, 3.05) is 5.75 Å². The van der Waals surface area contributed by atoms with Crippen LogP contribution in [0.5, 0.6) is 0 Å². The predicted molar refractivity (Wildman–Crippen MR) is 57.2 cm³/mol. The highest BCUT2D eigenvalue weighted by atomic mass is 35.5. The fraction of sp³-hybridized carbons (Fsp3) is 0.333. The Kier molecular flexibility index (Phi) is 4.64. The molecule has 0 aliphatic rings. The number of carboxylic acids is 1. The first kappa shape index (κ1) is 14.1. The molecule has 3 nitrogen and oxygen atoms in total. The van der Waals surface area contributed by atoms with Gasteiger partial charge in [0.25, 0.3) is 0 Å². The number of thioether (sulfide) groups is 1. The van der Waals surface area contributed by atoms with Gasteiger partial charge in [-0.3, -0.25) is 4.79 Å². The quantitative estimate of drug-likeness (QED) is 0.864. The van der Waals surface area contributed by atoms with Gasteiger partial charge in [0.1, 0.15) is 5.03 Å². The highest BCUT2D eigenvalue weighted by molar-refractivity contribution is 7.99. The van der Waals surface area contributed by atoms with Gasteiger partial charge in [0.15, 0.2) is 5.92 Å². The Hall–Kier alpha value is -0.950. The van der Waals surface area contributed by atoms with E-state index in [-0.39, 0.29) is 10.0 Å². The van der Waals surface area contributed by atoms with E-state index in [0.717, 1.165) is 0 Å².